The largest absolute Gasteiger partial charge is 0.485 e. The molecule has 1 aromatic heterocycles. The van der Waals surface area contributed by atoms with E-state index < -0.39 is 0 Å². The van der Waals surface area contributed by atoms with Crippen LogP contribution in [0.3, 0.4) is 0 Å². The molecule has 0 aliphatic carbocycles. The molecule has 31 heavy (non-hydrogen) atoms. The Morgan fingerprint density at radius 1 is 1.10 bits per heavy atom. The summed E-state index contributed by atoms with van der Waals surface area (Å²) in [4.78, 5) is 12.5. The number of thioether (sulfide) groups is 1. The maximum Gasteiger partial charge on any atom is 0.234 e. The van der Waals surface area contributed by atoms with Gasteiger partial charge in [-0.1, -0.05) is 39.8 Å². The van der Waals surface area contributed by atoms with Crippen LogP contribution in [0.1, 0.15) is 35.0 Å². The van der Waals surface area contributed by atoms with Crippen molar-refractivity contribution >= 4 is 39.3 Å². The molecule has 0 aliphatic heterocycles. The van der Waals surface area contributed by atoms with E-state index in [-0.39, 0.29) is 11.7 Å². The first-order chi connectivity index (χ1) is 14.8. The van der Waals surface area contributed by atoms with Crippen LogP contribution in [0.4, 0.5) is 5.69 Å². The molecule has 0 fully saturated rings. The van der Waals surface area contributed by atoms with Crippen molar-refractivity contribution in [3.63, 3.8) is 0 Å². The summed E-state index contributed by atoms with van der Waals surface area (Å²) in [6.45, 7) is 11.2. The van der Waals surface area contributed by atoms with Gasteiger partial charge in [-0.2, -0.15) is 0 Å². The molecule has 3 rings (SSSR count). The smallest absolute Gasteiger partial charge is 0.234 e. The van der Waals surface area contributed by atoms with Crippen LogP contribution < -0.4 is 10.1 Å². The highest BCUT2D eigenvalue weighted by molar-refractivity contribution is 9.10. The molecule has 1 N–H and O–H groups in total. The summed E-state index contributed by atoms with van der Waals surface area (Å²) in [5, 5.41) is 12.3. The minimum absolute atomic E-state index is 0.0753. The number of aromatic nitrogens is 3. The van der Waals surface area contributed by atoms with Crippen molar-refractivity contribution in [2.75, 3.05) is 11.1 Å². The van der Waals surface area contributed by atoms with Gasteiger partial charge in [-0.25, -0.2) is 0 Å². The van der Waals surface area contributed by atoms with Crippen LogP contribution in [0.5, 0.6) is 5.75 Å². The number of nitrogens with zero attached hydrogens (tertiary/aromatic N) is 3. The van der Waals surface area contributed by atoms with E-state index in [1.807, 2.05) is 56.5 Å². The number of carbonyl (C=O) groups is 1. The Balaban J connectivity index is 1.62. The normalized spacial score (nSPS) is 10.9. The molecule has 6 nitrogen and oxygen atoms in total. The van der Waals surface area contributed by atoms with Crippen molar-refractivity contribution in [1.29, 1.82) is 0 Å². The molecule has 1 heterocycles. The summed E-state index contributed by atoms with van der Waals surface area (Å²) in [5.41, 5.74) is 5.30. The molecular weight excluding hydrogens is 476 g/mol. The van der Waals surface area contributed by atoms with E-state index in [0.717, 1.165) is 38.4 Å². The molecular formula is C23H27BrN4O2S. The molecule has 0 unspecified atom stereocenters. The van der Waals surface area contributed by atoms with Gasteiger partial charge in [0, 0.05) is 16.7 Å². The predicted molar refractivity (Wildman–Crippen MR) is 129 cm³/mol. The maximum atomic E-state index is 12.5. The second-order valence-corrected chi connectivity index (χ2v) is 9.11. The molecule has 0 saturated carbocycles. The number of halogens is 1. The fraction of sp³-hybridized carbons (Fsp3) is 0.348. The lowest BCUT2D eigenvalue weighted by Crippen LogP contribution is -2.16. The summed E-state index contributed by atoms with van der Waals surface area (Å²) in [6, 6.07) is 9.86. The number of amides is 1. The van der Waals surface area contributed by atoms with Crippen molar-refractivity contribution in [2.45, 2.75) is 52.9 Å². The number of nitrogens with one attached hydrogen (secondary N) is 1. The van der Waals surface area contributed by atoms with Gasteiger partial charge in [0.25, 0.3) is 0 Å². The highest BCUT2D eigenvalue weighted by Gasteiger charge is 2.15. The van der Waals surface area contributed by atoms with Crippen molar-refractivity contribution in [3.05, 3.63) is 62.9 Å². The highest BCUT2D eigenvalue weighted by Crippen LogP contribution is 2.27. The Kier molecular flexibility index (Phi) is 7.78. The van der Waals surface area contributed by atoms with Crippen molar-refractivity contribution in [1.82, 2.24) is 14.8 Å². The number of hydrogen-bond acceptors (Lipinski definition) is 5. The van der Waals surface area contributed by atoms with Crippen LogP contribution >= 0.6 is 27.7 Å². The van der Waals surface area contributed by atoms with E-state index in [0.29, 0.717) is 18.3 Å². The van der Waals surface area contributed by atoms with Crippen molar-refractivity contribution in [3.8, 4) is 5.75 Å². The second-order valence-electron chi connectivity index (χ2n) is 7.31. The third-order valence-corrected chi connectivity index (χ3v) is 7.17. The van der Waals surface area contributed by atoms with Crippen LogP contribution in [-0.4, -0.2) is 26.4 Å². The number of carbonyl (C=O) groups excluding carboxylic acids is 1. The Bertz CT molecular complexity index is 1100. The monoisotopic (exact) mass is 502 g/mol. The fourth-order valence-corrected chi connectivity index (χ4v) is 4.36. The van der Waals surface area contributed by atoms with Gasteiger partial charge in [-0.05, 0) is 75.1 Å². The van der Waals surface area contributed by atoms with Crippen LogP contribution in [0.15, 0.2) is 40.0 Å². The third kappa shape index (κ3) is 5.49. The van der Waals surface area contributed by atoms with Gasteiger partial charge in [-0.15, -0.1) is 10.2 Å². The van der Waals surface area contributed by atoms with Gasteiger partial charge in [-0.3, -0.25) is 4.79 Å². The molecule has 0 aliphatic rings. The van der Waals surface area contributed by atoms with Gasteiger partial charge in [0.2, 0.25) is 5.91 Å². The van der Waals surface area contributed by atoms with Gasteiger partial charge < -0.3 is 14.6 Å². The lowest BCUT2D eigenvalue weighted by atomic mass is 10.1. The quantitative estimate of drug-likeness (QED) is 0.405. The number of anilines is 1. The zero-order valence-electron chi connectivity index (χ0n) is 18.5. The summed E-state index contributed by atoms with van der Waals surface area (Å²) < 4.78 is 9.00. The average molecular weight is 503 g/mol. The van der Waals surface area contributed by atoms with Crippen LogP contribution in [-0.2, 0) is 17.9 Å². The van der Waals surface area contributed by atoms with Crippen molar-refractivity contribution in [2.24, 2.45) is 0 Å². The Labute approximate surface area is 195 Å². The van der Waals surface area contributed by atoms with E-state index in [1.165, 1.54) is 17.3 Å². The minimum atomic E-state index is -0.0753. The van der Waals surface area contributed by atoms with E-state index in [2.05, 4.69) is 44.4 Å². The lowest BCUT2D eigenvalue weighted by molar-refractivity contribution is -0.113. The summed E-state index contributed by atoms with van der Waals surface area (Å²) in [7, 11) is 0. The zero-order valence-corrected chi connectivity index (χ0v) is 20.9. The Morgan fingerprint density at radius 3 is 2.61 bits per heavy atom. The van der Waals surface area contributed by atoms with Crippen LogP contribution in [0.25, 0.3) is 0 Å². The number of rotatable bonds is 8. The molecule has 0 saturated heterocycles. The van der Waals surface area contributed by atoms with Gasteiger partial charge >= 0.3 is 0 Å². The fourth-order valence-electron chi connectivity index (χ4n) is 3.11. The predicted octanol–water partition coefficient (Wildman–Crippen LogP) is 5.60. The number of benzene rings is 2. The van der Waals surface area contributed by atoms with Crippen LogP contribution in [0, 0.1) is 27.7 Å². The third-order valence-electron chi connectivity index (χ3n) is 5.35. The SMILES string of the molecule is CCn1c(COc2cccc(C)c2C)nnc1SCC(=O)Nc1ccc(Br)c(C)c1C. The molecule has 0 spiro atoms. The first-order valence-corrected chi connectivity index (χ1v) is 11.9. The van der Waals surface area contributed by atoms with E-state index in [4.69, 9.17) is 4.74 Å². The van der Waals surface area contributed by atoms with E-state index >= 15 is 0 Å². The van der Waals surface area contributed by atoms with Crippen LogP contribution in [0.2, 0.25) is 0 Å². The van der Waals surface area contributed by atoms with E-state index in [1.54, 1.807) is 0 Å². The average Bonchev–Trinajstić information content (AvgIpc) is 3.15. The Hall–Kier alpha value is -2.32. The molecule has 1 amide bonds. The van der Waals surface area contributed by atoms with Gasteiger partial charge in [0.1, 0.15) is 12.4 Å². The van der Waals surface area contributed by atoms with Crippen molar-refractivity contribution < 1.29 is 9.53 Å². The number of ether oxygens (including phenoxy) is 1. The molecule has 0 radical (unpaired) electrons. The zero-order chi connectivity index (χ0) is 22.5. The summed E-state index contributed by atoms with van der Waals surface area (Å²) >= 11 is 4.89. The number of aryl methyl sites for hydroxylation is 1. The molecule has 8 heteroatoms. The van der Waals surface area contributed by atoms with Gasteiger partial charge in [0.15, 0.2) is 11.0 Å². The highest BCUT2D eigenvalue weighted by atomic mass is 79.9. The molecule has 164 valence electrons. The molecule has 2 aromatic carbocycles. The maximum absolute atomic E-state index is 12.5. The first-order valence-electron chi connectivity index (χ1n) is 10.1. The summed E-state index contributed by atoms with van der Waals surface area (Å²) in [5.74, 6) is 1.77. The molecule has 3 aromatic rings. The molecule has 0 bridgehead atoms. The lowest BCUT2D eigenvalue weighted by Gasteiger charge is -2.12. The van der Waals surface area contributed by atoms with E-state index in [9.17, 15) is 4.79 Å². The second kappa shape index (κ2) is 10.3. The summed E-state index contributed by atoms with van der Waals surface area (Å²) in [6.07, 6.45) is 0. The topological polar surface area (TPSA) is 69.0 Å². The standard InChI is InChI=1S/C23H27BrN4O2S/c1-6-28-21(12-30-20-9-7-8-14(2)15(20)3)26-27-23(28)31-13-22(29)25-19-11-10-18(24)16(4)17(19)5/h7-11H,6,12-13H2,1-5H3,(H,25,29). The molecule has 0 atom stereocenters. The first kappa shape index (κ1) is 23.3. The number of hydrogen-bond donors (Lipinski definition) is 1. The minimum Gasteiger partial charge on any atom is -0.485 e. The van der Waals surface area contributed by atoms with Gasteiger partial charge in [0.05, 0.1) is 5.75 Å². The Morgan fingerprint density at radius 2 is 1.87 bits per heavy atom.